The standard InChI is InChI=1S/C10H8FNO3/c1-14-9-7(10(13)15-2)4-3-6(5-12)8(9)11/h3-4H,1-2H3. The van der Waals surface area contributed by atoms with Crippen LogP contribution in [0.2, 0.25) is 0 Å². The van der Waals surface area contributed by atoms with Gasteiger partial charge in [-0.1, -0.05) is 0 Å². The molecule has 0 aromatic heterocycles. The lowest BCUT2D eigenvalue weighted by molar-refractivity contribution is 0.0596. The minimum Gasteiger partial charge on any atom is -0.493 e. The van der Waals surface area contributed by atoms with Gasteiger partial charge in [0.2, 0.25) is 0 Å². The van der Waals surface area contributed by atoms with Gasteiger partial charge in [0.1, 0.15) is 11.6 Å². The van der Waals surface area contributed by atoms with Gasteiger partial charge >= 0.3 is 5.97 Å². The molecule has 0 saturated carbocycles. The van der Waals surface area contributed by atoms with Crippen LogP contribution in [0.3, 0.4) is 0 Å². The quantitative estimate of drug-likeness (QED) is 0.692. The van der Waals surface area contributed by atoms with Crippen molar-refractivity contribution in [3.8, 4) is 11.8 Å². The van der Waals surface area contributed by atoms with E-state index in [1.807, 2.05) is 0 Å². The van der Waals surface area contributed by atoms with Crippen molar-refractivity contribution in [3.63, 3.8) is 0 Å². The molecule has 0 fully saturated rings. The van der Waals surface area contributed by atoms with Gasteiger partial charge in [-0.25, -0.2) is 9.18 Å². The van der Waals surface area contributed by atoms with E-state index in [1.54, 1.807) is 6.07 Å². The first-order valence-electron chi connectivity index (χ1n) is 4.00. The number of ether oxygens (including phenoxy) is 2. The number of carbonyl (C=O) groups is 1. The SMILES string of the molecule is COC(=O)c1ccc(C#N)c(F)c1OC. The highest BCUT2D eigenvalue weighted by Gasteiger charge is 2.19. The molecule has 0 atom stereocenters. The van der Waals surface area contributed by atoms with Crippen molar-refractivity contribution in [2.45, 2.75) is 0 Å². The van der Waals surface area contributed by atoms with Crippen LogP contribution in [-0.2, 0) is 4.74 Å². The highest BCUT2D eigenvalue weighted by Crippen LogP contribution is 2.25. The Kier molecular flexibility index (Phi) is 3.24. The molecule has 1 aromatic carbocycles. The molecule has 0 saturated heterocycles. The first kappa shape index (κ1) is 11.0. The monoisotopic (exact) mass is 209 g/mol. The molecule has 78 valence electrons. The predicted molar refractivity (Wildman–Crippen MR) is 49.0 cm³/mol. The van der Waals surface area contributed by atoms with Crippen molar-refractivity contribution in [1.29, 1.82) is 5.26 Å². The van der Waals surface area contributed by atoms with Crippen LogP contribution in [-0.4, -0.2) is 20.2 Å². The summed E-state index contributed by atoms with van der Waals surface area (Å²) in [7, 11) is 2.39. The summed E-state index contributed by atoms with van der Waals surface area (Å²) in [6.45, 7) is 0. The van der Waals surface area contributed by atoms with Crippen LogP contribution >= 0.6 is 0 Å². The number of halogens is 1. The summed E-state index contributed by atoms with van der Waals surface area (Å²) < 4.78 is 22.6. The zero-order chi connectivity index (χ0) is 11.4. The lowest BCUT2D eigenvalue weighted by atomic mass is 10.1. The molecule has 0 radical (unpaired) electrons. The summed E-state index contributed by atoms with van der Waals surface area (Å²) in [4.78, 5) is 11.2. The van der Waals surface area contributed by atoms with Gasteiger partial charge in [-0.2, -0.15) is 5.26 Å². The van der Waals surface area contributed by atoms with E-state index in [-0.39, 0.29) is 16.9 Å². The number of nitriles is 1. The third-order valence-electron chi connectivity index (χ3n) is 1.83. The largest absolute Gasteiger partial charge is 0.493 e. The average Bonchev–Trinajstić information content (AvgIpc) is 2.27. The summed E-state index contributed by atoms with van der Waals surface area (Å²) in [6.07, 6.45) is 0. The summed E-state index contributed by atoms with van der Waals surface area (Å²) in [5, 5.41) is 8.56. The molecule has 0 unspecified atom stereocenters. The molecule has 0 N–H and O–H groups in total. The second-order valence-electron chi connectivity index (χ2n) is 2.61. The van der Waals surface area contributed by atoms with Crippen molar-refractivity contribution < 1.29 is 18.7 Å². The van der Waals surface area contributed by atoms with Gasteiger partial charge in [0.15, 0.2) is 11.6 Å². The minimum atomic E-state index is -0.858. The van der Waals surface area contributed by atoms with Crippen LogP contribution < -0.4 is 4.74 Å². The lowest BCUT2D eigenvalue weighted by Gasteiger charge is -2.08. The van der Waals surface area contributed by atoms with Crippen LogP contribution in [0, 0.1) is 17.1 Å². The van der Waals surface area contributed by atoms with Crippen LogP contribution in [0.5, 0.6) is 5.75 Å². The summed E-state index contributed by atoms with van der Waals surface area (Å²) in [6, 6.07) is 4.13. The summed E-state index contributed by atoms with van der Waals surface area (Å²) >= 11 is 0. The number of rotatable bonds is 2. The molecule has 0 amide bonds. The van der Waals surface area contributed by atoms with Gasteiger partial charge in [-0.15, -0.1) is 0 Å². The van der Waals surface area contributed by atoms with E-state index >= 15 is 0 Å². The predicted octanol–water partition coefficient (Wildman–Crippen LogP) is 1.49. The van der Waals surface area contributed by atoms with E-state index in [1.165, 1.54) is 26.4 Å². The fourth-order valence-corrected chi connectivity index (χ4v) is 1.11. The Labute approximate surface area is 85.8 Å². The second kappa shape index (κ2) is 4.42. The fraction of sp³-hybridized carbons (Fsp3) is 0.200. The van der Waals surface area contributed by atoms with Gasteiger partial charge in [-0.05, 0) is 12.1 Å². The normalized spacial score (nSPS) is 9.20. The van der Waals surface area contributed by atoms with Gasteiger partial charge in [0, 0.05) is 0 Å². The van der Waals surface area contributed by atoms with Gasteiger partial charge in [0.25, 0.3) is 0 Å². The lowest BCUT2D eigenvalue weighted by Crippen LogP contribution is -2.06. The molecule has 1 rings (SSSR count). The molecule has 0 bridgehead atoms. The molecule has 0 spiro atoms. The second-order valence-corrected chi connectivity index (χ2v) is 2.61. The molecule has 1 aromatic rings. The maximum absolute atomic E-state index is 13.5. The number of hydrogen-bond acceptors (Lipinski definition) is 4. The van der Waals surface area contributed by atoms with Crippen molar-refractivity contribution >= 4 is 5.97 Å². The Bertz CT molecular complexity index is 437. The van der Waals surface area contributed by atoms with Crippen LogP contribution in [0.1, 0.15) is 15.9 Å². The Hall–Kier alpha value is -2.09. The maximum atomic E-state index is 13.5. The van der Waals surface area contributed by atoms with E-state index in [0.717, 1.165) is 0 Å². The van der Waals surface area contributed by atoms with Crippen LogP contribution in [0.15, 0.2) is 12.1 Å². The molecule has 0 aliphatic rings. The minimum absolute atomic E-state index is 0.0449. The number of methoxy groups -OCH3 is 2. The number of carbonyl (C=O) groups excluding carboxylic acids is 1. The van der Waals surface area contributed by atoms with Gasteiger partial charge in [-0.3, -0.25) is 0 Å². The molecule has 0 heterocycles. The van der Waals surface area contributed by atoms with E-state index < -0.39 is 11.8 Å². The molecule has 15 heavy (non-hydrogen) atoms. The third kappa shape index (κ3) is 1.89. The topological polar surface area (TPSA) is 59.3 Å². The molecule has 0 aliphatic carbocycles. The number of nitrogens with zero attached hydrogens (tertiary/aromatic N) is 1. The highest BCUT2D eigenvalue weighted by atomic mass is 19.1. The fourth-order valence-electron chi connectivity index (χ4n) is 1.11. The highest BCUT2D eigenvalue weighted by molar-refractivity contribution is 5.92. The first-order chi connectivity index (χ1) is 7.15. The van der Waals surface area contributed by atoms with Crippen molar-refractivity contribution in [2.24, 2.45) is 0 Å². The van der Waals surface area contributed by atoms with Crippen LogP contribution in [0.4, 0.5) is 4.39 Å². The molecule has 5 heteroatoms. The zero-order valence-electron chi connectivity index (χ0n) is 8.20. The summed E-state index contributed by atoms with van der Waals surface area (Å²) in [5.41, 5.74) is -0.226. The zero-order valence-corrected chi connectivity index (χ0v) is 8.20. The van der Waals surface area contributed by atoms with Gasteiger partial charge in [0.05, 0.1) is 19.8 Å². The average molecular weight is 209 g/mol. The number of esters is 1. The van der Waals surface area contributed by atoms with Crippen molar-refractivity contribution in [3.05, 3.63) is 29.1 Å². The van der Waals surface area contributed by atoms with E-state index in [2.05, 4.69) is 4.74 Å². The Morgan fingerprint density at radius 2 is 2.13 bits per heavy atom. The molecular formula is C10H8FNO3. The number of hydrogen-bond donors (Lipinski definition) is 0. The summed E-state index contributed by atoms with van der Waals surface area (Å²) in [5.74, 6) is -1.85. The van der Waals surface area contributed by atoms with Crippen molar-refractivity contribution in [2.75, 3.05) is 14.2 Å². The molecule has 4 nitrogen and oxygen atoms in total. The first-order valence-corrected chi connectivity index (χ1v) is 4.00. The van der Waals surface area contributed by atoms with E-state index in [9.17, 15) is 9.18 Å². The van der Waals surface area contributed by atoms with E-state index in [4.69, 9.17) is 10.00 Å². The Balaban J connectivity index is 3.39. The number of benzene rings is 1. The van der Waals surface area contributed by atoms with Gasteiger partial charge < -0.3 is 9.47 Å². The Morgan fingerprint density at radius 3 is 2.60 bits per heavy atom. The Morgan fingerprint density at radius 1 is 1.47 bits per heavy atom. The van der Waals surface area contributed by atoms with Crippen molar-refractivity contribution in [1.82, 2.24) is 0 Å². The van der Waals surface area contributed by atoms with Crippen LogP contribution in [0.25, 0.3) is 0 Å². The molecule has 0 aliphatic heterocycles. The third-order valence-corrected chi connectivity index (χ3v) is 1.83. The van der Waals surface area contributed by atoms with E-state index in [0.29, 0.717) is 0 Å². The maximum Gasteiger partial charge on any atom is 0.341 e. The smallest absolute Gasteiger partial charge is 0.341 e. The molecular weight excluding hydrogens is 201 g/mol.